The maximum Gasteiger partial charge on any atom is 0.230 e. The zero-order valence-corrected chi connectivity index (χ0v) is 18.1. The molecule has 1 saturated carbocycles. The van der Waals surface area contributed by atoms with Crippen molar-refractivity contribution >= 4 is 28.4 Å². The van der Waals surface area contributed by atoms with E-state index in [4.69, 9.17) is 0 Å². The highest BCUT2D eigenvalue weighted by Crippen LogP contribution is 2.32. The van der Waals surface area contributed by atoms with Crippen molar-refractivity contribution in [2.24, 2.45) is 11.8 Å². The SMILES string of the molecule is C[C@@H]1[C@@H](C)CCC[C@H]1NC(=O)CSc1nnc(-c2ccc(F)cc2)c2ccccc12. The molecule has 0 unspecified atom stereocenters. The van der Waals surface area contributed by atoms with Crippen molar-refractivity contribution in [1.82, 2.24) is 15.5 Å². The van der Waals surface area contributed by atoms with Crippen molar-refractivity contribution in [2.45, 2.75) is 44.2 Å². The average molecular weight is 424 g/mol. The van der Waals surface area contributed by atoms with E-state index >= 15 is 0 Å². The maximum atomic E-state index is 13.3. The fraction of sp³-hybridized carbons (Fsp3) is 0.375. The molecule has 3 aromatic rings. The van der Waals surface area contributed by atoms with E-state index in [2.05, 4.69) is 29.4 Å². The van der Waals surface area contributed by atoms with Crippen LogP contribution < -0.4 is 5.32 Å². The van der Waals surface area contributed by atoms with Crippen LogP contribution in [0, 0.1) is 17.7 Å². The van der Waals surface area contributed by atoms with Gasteiger partial charge in [0.2, 0.25) is 5.91 Å². The van der Waals surface area contributed by atoms with Crippen LogP contribution in [0.2, 0.25) is 0 Å². The molecule has 1 fully saturated rings. The summed E-state index contributed by atoms with van der Waals surface area (Å²) >= 11 is 1.41. The Balaban J connectivity index is 1.50. The predicted octanol–water partition coefficient (Wildman–Crippen LogP) is 5.47. The zero-order chi connectivity index (χ0) is 21.1. The minimum absolute atomic E-state index is 0.0412. The van der Waals surface area contributed by atoms with Gasteiger partial charge < -0.3 is 5.32 Å². The van der Waals surface area contributed by atoms with E-state index in [9.17, 15) is 9.18 Å². The first-order valence-corrected chi connectivity index (χ1v) is 11.4. The largest absolute Gasteiger partial charge is 0.352 e. The van der Waals surface area contributed by atoms with Gasteiger partial charge in [-0.25, -0.2) is 4.39 Å². The summed E-state index contributed by atoms with van der Waals surface area (Å²) in [4.78, 5) is 12.6. The second-order valence-corrected chi connectivity index (χ2v) is 9.10. The van der Waals surface area contributed by atoms with Crippen LogP contribution in [0.4, 0.5) is 4.39 Å². The molecular weight excluding hydrogens is 397 g/mol. The molecule has 1 aliphatic carbocycles. The smallest absolute Gasteiger partial charge is 0.230 e. The summed E-state index contributed by atoms with van der Waals surface area (Å²) in [6, 6.07) is 14.4. The van der Waals surface area contributed by atoms with Crippen LogP contribution in [-0.2, 0) is 4.79 Å². The summed E-state index contributed by atoms with van der Waals surface area (Å²) in [6.07, 6.45) is 3.46. The molecule has 3 atom stereocenters. The van der Waals surface area contributed by atoms with Gasteiger partial charge >= 0.3 is 0 Å². The second-order valence-electron chi connectivity index (χ2n) is 8.14. The van der Waals surface area contributed by atoms with Gasteiger partial charge in [0, 0.05) is 22.4 Å². The lowest BCUT2D eigenvalue weighted by Crippen LogP contribution is -2.44. The third kappa shape index (κ3) is 4.48. The second kappa shape index (κ2) is 9.13. The third-order valence-electron chi connectivity index (χ3n) is 6.16. The summed E-state index contributed by atoms with van der Waals surface area (Å²) in [5.74, 6) is 1.22. The molecular formula is C24H26FN3OS. The number of hydrogen-bond donors (Lipinski definition) is 1. The van der Waals surface area contributed by atoms with Gasteiger partial charge in [-0.05, 0) is 42.5 Å². The third-order valence-corrected chi connectivity index (χ3v) is 7.15. The molecule has 4 rings (SSSR count). The van der Waals surface area contributed by atoms with Gasteiger partial charge in [0.15, 0.2) is 0 Å². The Labute approximate surface area is 180 Å². The maximum absolute atomic E-state index is 13.3. The molecule has 0 saturated heterocycles. The number of amides is 1. The van der Waals surface area contributed by atoms with E-state index in [-0.39, 0.29) is 17.8 Å². The van der Waals surface area contributed by atoms with Gasteiger partial charge in [-0.2, -0.15) is 0 Å². The Morgan fingerprint density at radius 3 is 2.57 bits per heavy atom. The summed E-state index contributed by atoms with van der Waals surface area (Å²) in [7, 11) is 0. The highest BCUT2D eigenvalue weighted by molar-refractivity contribution is 8.00. The van der Waals surface area contributed by atoms with Crippen LogP contribution in [0.25, 0.3) is 22.0 Å². The number of nitrogens with zero attached hydrogens (tertiary/aromatic N) is 2. The molecule has 0 bridgehead atoms. The summed E-state index contributed by atoms with van der Waals surface area (Å²) in [5.41, 5.74) is 1.53. The Morgan fingerprint density at radius 1 is 1.07 bits per heavy atom. The van der Waals surface area contributed by atoms with Gasteiger partial charge in [0.1, 0.15) is 16.5 Å². The molecule has 0 radical (unpaired) electrons. The first-order valence-electron chi connectivity index (χ1n) is 10.5. The molecule has 2 aromatic carbocycles. The summed E-state index contributed by atoms with van der Waals surface area (Å²) < 4.78 is 13.3. The Hall–Kier alpha value is -2.47. The van der Waals surface area contributed by atoms with Crippen molar-refractivity contribution in [2.75, 3.05) is 5.75 Å². The van der Waals surface area contributed by atoms with Crippen LogP contribution >= 0.6 is 11.8 Å². The van der Waals surface area contributed by atoms with Gasteiger partial charge in [-0.15, -0.1) is 10.2 Å². The topological polar surface area (TPSA) is 54.9 Å². The van der Waals surface area contributed by atoms with Crippen LogP contribution in [0.5, 0.6) is 0 Å². The lowest BCUT2D eigenvalue weighted by atomic mass is 9.78. The molecule has 0 aliphatic heterocycles. The number of benzene rings is 2. The van der Waals surface area contributed by atoms with Crippen molar-refractivity contribution in [3.05, 3.63) is 54.3 Å². The molecule has 0 spiro atoms. The summed E-state index contributed by atoms with van der Waals surface area (Å²) in [5, 5.41) is 14.6. The molecule has 1 heterocycles. The molecule has 1 N–H and O–H groups in total. The van der Waals surface area contributed by atoms with Crippen LogP contribution in [0.1, 0.15) is 33.1 Å². The average Bonchev–Trinajstić information content (AvgIpc) is 2.76. The van der Waals surface area contributed by atoms with Gasteiger partial charge in [0.25, 0.3) is 0 Å². The number of fused-ring (bicyclic) bond motifs is 1. The Bertz CT molecular complexity index is 1040. The number of thioether (sulfide) groups is 1. The minimum Gasteiger partial charge on any atom is -0.352 e. The molecule has 4 nitrogen and oxygen atoms in total. The fourth-order valence-electron chi connectivity index (χ4n) is 4.17. The highest BCUT2D eigenvalue weighted by Gasteiger charge is 2.28. The number of rotatable bonds is 5. The standard InChI is InChI=1S/C24H26FN3OS/c1-15-6-5-9-21(16(15)2)26-22(29)14-30-24-20-8-4-3-7-19(20)23(27-28-24)17-10-12-18(25)13-11-17/h3-4,7-8,10-13,15-16,21H,5-6,9,14H2,1-2H3,(H,26,29)/t15-,16+,21+/m0/s1. The Kier molecular flexibility index (Phi) is 6.32. The van der Waals surface area contributed by atoms with Crippen molar-refractivity contribution < 1.29 is 9.18 Å². The van der Waals surface area contributed by atoms with Gasteiger partial charge in [-0.3, -0.25) is 4.79 Å². The molecule has 6 heteroatoms. The monoisotopic (exact) mass is 423 g/mol. The predicted molar refractivity (Wildman–Crippen MR) is 120 cm³/mol. The van der Waals surface area contributed by atoms with E-state index in [1.807, 2.05) is 24.3 Å². The van der Waals surface area contributed by atoms with Crippen LogP contribution in [0.15, 0.2) is 53.6 Å². The van der Waals surface area contributed by atoms with Gasteiger partial charge in [0.05, 0.1) is 5.75 Å². The summed E-state index contributed by atoms with van der Waals surface area (Å²) in [6.45, 7) is 4.50. The number of halogens is 1. The van der Waals surface area contributed by atoms with Crippen LogP contribution in [-0.4, -0.2) is 27.9 Å². The lowest BCUT2D eigenvalue weighted by molar-refractivity contribution is -0.119. The molecule has 1 aromatic heterocycles. The van der Waals surface area contributed by atoms with E-state index in [1.54, 1.807) is 12.1 Å². The van der Waals surface area contributed by atoms with Gasteiger partial charge in [-0.1, -0.05) is 62.7 Å². The molecule has 1 aliphatic rings. The van der Waals surface area contributed by atoms with E-state index in [1.165, 1.54) is 36.7 Å². The van der Waals surface area contributed by atoms with E-state index in [0.29, 0.717) is 23.3 Å². The van der Waals surface area contributed by atoms with Crippen molar-refractivity contribution in [3.8, 4) is 11.3 Å². The molecule has 30 heavy (non-hydrogen) atoms. The van der Waals surface area contributed by atoms with Crippen molar-refractivity contribution in [1.29, 1.82) is 0 Å². The number of aromatic nitrogens is 2. The lowest BCUT2D eigenvalue weighted by Gasteiger charge is -2.34. The number of carbonyl (C=O) groups is 1. The minimum atomic E-state index is -0.282. The normalized spacial score (nSPS) is 21.5. The quantitative estimate of drug-likeness (QED) is 0.553. The highest BCUT2D eigenvalue weighted by atomic mass is 32.2. The fourth-order valence-corrected chi connectivity index (χ4v) is 4.96. The Morgan fingerprint density at radius 2 is 1.80 bits per heavy atom. The number of hydrogen-bond acceptors (Lipinski definition) is 4. The van der Waals surface area contributed by atoms with Crippen molar-refractivity contribution in [3.63, 3.8) is 0 Å². The molecule has 1 amide bonds. The first kappa shape index (κ1) is 20.8. The van der Waals surface area contributed by atoms with Crippen LogP contribution in [0.3, 0.4) is 0 Å². The zero-order valence-electron chi connectivity index (χ0n) is 17.3. The van der Waals surface area contributed by atoms with E-state index in [0.717, 1.165) is 27.8 Å². The number of nitrogens with one attached hydrogen (secondary N) is 1. The molecule has 156 valence electrons. The first-order chi connectivity index (χ1) is 14.5. The number of carbonyl (C=O) groups excluding carboxylic acids is 1. The van der Waals surface area contributed by atoms with E-state index < -0.39 is 0 Å².